The van der Waals surface area contributed by atoms with Crippen LogP contribution in [0.3, 0.4) is 0 Å². The molecule has 0 bridgehead atoms. The highest BCUT2D eigenvalue weighted by Crippen LogP contribution is 2.26. The fourth-order valence-corrected chi connectivity index (χ4v) is 2.60. The predicted molar refractivity (Wildman–Crippen MR) is 78.0 cm³/mol. The summed E-state index contributed by atoms with van der Waals surface area (Å²) in [6, 6.07) is 2.85. The zero-order valence-electron chi connectivity index (χ0n) is 11.3. The number of amides is 1. The highest BCUT2D eigenvalue weighted by molar-refractivity contribution is 5.98. The average Bonchev–Trinajstić information content (AvgIpc) is 2.85. The number of nitro benzene ring substituents is 1. The molecule has 1 aromatic rings. The van der Waals surface area contributed by atoms with Crippen LogP contribution in [0.25, 0.3) is 0 Å². The molecule has 2 atom stereocenters. The molecule has 1 aromatic carbocycles. The summed E-state index contributed by atoms with van der Waals surface area (Å²) in [4.78, 5) is 22.2. The van der Waals surface area contributed by atoms with Crippen molar-refractivity contribution in [1.82, 2.24) is 5.32 Å². The van der Waals surface area contributed by atoms with Crippen molar-refractivity contribution in [1.29, 1.82) is 0 Å². The molecule has 8 heteroatoms. The van der Waals surface area contributed by atoms with E-state index >= 15 is 0 Å². The maximum atomic E-state index is 13.0. The van der Waals surface area contributed by atoms with E-state index in [9.17, 15) is 19.3 Å². The summed E-state index contributed by atoms with van der Waals surface area (Å²) in [5, 5.41) is 13.6. The number of carbonyl (C=O) groups excluding carboxylic acids is 1. The van der Waals surface area contributed by atoms with Gasteiger partial charge < -0.3 is 11.1 Å². The summed E-state index contributed by atoms with van der Waals surface area (Å²) in [6.07, 6.45) is 2.72. The predicted octanol–water partition coefficient (Wildman–Crippen LogP) is 2.01. The molecule has 116 valence electrons. The van der Waals surface area contributed by atoms with Crippen LogP contribution in [-0.2, 0) is 0 Å². The standard InChI is InChI=1S/C13H16FN3O3.ClH/c14-9-4-5-10(12(6-9)17(19)20)13(18)16-11-3-1-2-8(11)7-15;/h4-6,8,11H,1-3,7,15H2,(H,16,18);1H. The van der Waals surface area contributed by atoms with Crippen LogP contribution in [0.5, 0.6) is 0 Å². The van der Waals surface area contributed by atoms with Crippen LogP contribution in [-0.4, -0.2) is 23.4 Å². The number of nitrogens with two attached hydrogens (primary N) is 1. The van der Waals surface area contributed by atoms with E-state index in [0.717, 1.165) is 37.5 Å². The molecule has 0 aliphatic heterocycles. The van der Waals surface area contributed by atoms with Crippen molar-refractivity contribution in [3.05, 3.63) is 39.7 Å². The fourth-order valence-electron chi connectivity index (χ4n) is 2.60. The van der Waals surface area contributed by atoms with Crippen LogP contribution in [0.4, 0.5) is 10.1 Å². The molecule has 3 N–H and O–H groups in total. The first-order chi connectivity index (χ1) is 9.52. The van der Waals surface area contributed by atoms with Gasteiger partial charge in [0, 0.05) is 6.04 Å². The second-order valence-electron chi connectivity index (χ2n) is 4.93. The third-order valence-corrected chi connectivity index (χ3v) is 3.68. The smallest absolute Gasteiger partial charge is 0.285 e. The van der Waals surface area contributed by atoms with E-state index in [1.807, 2.05) is 0 Å². The van der Waals surface area contributed by atoms with E-state index < -0.39 is 22.3 Å². The second-order valence-corrected chi connectivity index (χ2v) is 4.93. The van der Waals surface area contributed by atoms with Gasteiger partial charge in [0.05, 0.1) is 11.0 Å². The molecule has 0 saturated heterocycles. The Morgan fingerprint density at radius 1 is 1.48 bits per heavy atom. The van der Waals surface area contributed by atoms with E-state index in [4.69, 9.17) is 5.73 Å². The van der Waals surface area contributed by atoms with Gasteiger partial charge in [0.15, 0.2) is 0 Å². The zero-order valence-corrected chi connectivity index (χ0v) is 12.1. The largest absolute Gasteiger partial charge is 0.349 e. The first kappa shape index (κ1) is 17.3. The van der Waals surface area contributed by atoms with E-state index in [-0.39, 0.29) is 29.9 Å². The van der Waals surface area contributed by atoms with E-state index in [2.05, 4.69) is 5.32 Å². The van der Waals surface area contributed by atoms with Gasteiger partial charge in [-0.05, 0) is 37.4 Å². The summed E-state index contributed by atoms with van der Waals surface area (Å²) >= 11 is 0. The normalized spacial score (nSPS) is 20.7. The van der Waals surface area contributed by atoms with Crippen molar-refractivity contribution in [2.24, 2.45) is 11.7 Å². The number of nitro groups is 1. The number of nitrogens with zero attached hydrogens (tertiary/aromatic N) is 1. The highest BCUT2D eigenvalue weighted by atomic mass is 35.5. The van der Waals surface area contributed by atoms with Crippen LogP contribution in [0.1, 0.15) is 29.6 Å². The summed E-state index contributed by atoms with van der Waals surface area (Å²) < 4.78 is 13.0. The van der Waals surface area contributed by atoms with Gasteiger partial charge in [0.2, 0.25) is 0 Å². The molecule has 2 rings (SSSR count). The number of rotatable bonds is 4. The summed E-state index contributed by atoms with van der Waals surface area (Å²) in [5.74, 6) is -1.10. The highest BCUT2D eigenvalue weighted by Gasteiger charge is 2.29. The van der Waals surface area contributed by atoms with Crippen LogP contribution in [0, 0.1) is 21.8 Å². The Morgan fingerprint density at radius 2 is 2.19 bits per heavy atom. The maximum absolute atomic E-state index is 13.0. The van der Waals surface area contributed by atoms with Crippen molar-refractivity contribution in [3.8, 4) is 0 Å². The molecule has 1 aliphatic carbocycles. The van der Waals surface area contributed by atoms with Crippen LogP contribution in [0.15, 0.2) is 18.2 Å². The number of benzene rings is 1. The minimum atomic E-state index is -0.757. The van der Waals surface area contributed by atoms with Crippen LogP contribution in [0.2, 0.25) is 0 Å². The van der Waals surface area contributed by atoms with Crippen molar-refractivity contribution >= 4 is 24.0 Å². The topological polar surface area (TPSA) is 98.3 Å². The molecule has 1 fully saturated rings. The lowest BCUT2D eigenvalue weighted by molar-refractivity contribution is -0.385. The first-order valence-corrected chi connectivity index (χ1v) is 6.47. The van der Waals surface area contributed by atoms with Crippen LogP contribution < -0.4 is 11.1 Å². The third-order valence-electron chi connectivity index (χ3n) is 3.68. The molecule has 6 nitrogen and oxygen atoms in total. The number of nitrogens with one attached hydrogen (secondary N) is 1. The van der Waals surface area contributed by atoms with Crippen molar-refractivity contribution < 1.29 is 14.1 Å². The molecule has 21 heavy (non-hydrogen) atoms. The Labute approximate surface area is 127 Å². The van der Waals surface area contributed by atoms with Crippen LogP contribution >= 0.6 is 12.4 Å². The average molecular weight is 318 g/mol. The van der Waals surface area contributed by atoms with E-state index in [1.165, 1.54) is 0 Å². The number of hydrogen-bond acceptors (Lipinski definition) is 4. The lowest BCUT2D eigenvalue weighted by atomic mass is 10.0. The Kier molecular flexibility index (Phi) is 6.04. The molecule has 1 amide bonds. The summed E-state index contributed by atoms with van der Waals surface area (Å²) in [7, 11) is 0. The Hall–Kier alpha value is -1.73. The minimum Gasteiger partial charge on any atom is -0.349 e. The number of hydrogen-bond donors (Lipinski definition) is 2. The van der Waals surface area contributed by atoms with Gasteiger partial charge in [0.25, 0.3) is 11.6 Å². The van der Waals surface area contributed by atoms with Crippen molar-refractivity contribution in [2.45, 2.75) is 25.3 Å². The quantitative estimate of drug-likeness (QED) is 0.655. The van der Waals surface area contributed by atoms with Gasteiger partial charge in [-0.2, -0.15) is 0 Å². The summed E-state index contributed by atoms with van der Waals surface area (Å²) in [5.41, 5.74) is 4.98. The molecule has 1 aliphatic rings. The molecule has 0 radical (unpaired) electrons. The SMILES string of the molecule is Cl.NCC1CCCC1NC(=O)c1ccc(F)cc1[N+](=O)[O-]. The minimum absolute atomic E-state index is 0. The second kappa shape index (κ2) is 7.33. The van der Waals surface area contributed by atoms with E-state index in [1.54, 1.807) is 0 Å². The Morgan fingerprint density at radius 3 is 2.81 bits per heavy atom. The third kappa shape index (κ3) is 3.89. The van der Waals surface area contributed by atoms with Gasteiger partial charge >= 0.3 is 0 Å². The molecule has 1 saturated carbocycles. The molecule has 2 unspecified atom stereocenters. The van der Waals surface area contributed by atoms with Gasteiger partial charge in [0.1, 0.15) is 11.4 Å². The first-order valence-electron chi connectivity index (χ1n) is 6.47. The van der Waals surface area contributed by atoms with Gasteiger partial charge in [-0.15, -0.1) is 12.4 Å². The zero-order chi connectivity index (χ0) is 14.7. The fraction of sp³-hybridized carbons (Fsp3) is 0.462. The molecule has 0 spiro atoms. The van der Waals surface area contributed by atoms with Crippen molar-refractivity contribution in [3.63, 3.8) is 0 Å². The van der Waals surface area contributed by atoms with Gasteiger partial charge in [-0.1, -0.05) is 6.42 Å². The summed E-state index contributed by atoms with van der Waals surface area (Å²) in [6.45, 7) is 0.469. The number of carbonyl (C=O) groups is 1. The lowest BCUT2D eigenvalue weighted by Crippen LogP contribution is -2.40. The maximum Gasteiger partial charge on any atom is 0.285 e. The molecular weight excluding hydrogens is 301 g/mol. The molecule has 0 aromatic heterocycles. The van der Waals surface area contributed by atoms with E-state index in [0.29, 0.717) is 6.54 Å². The Balaban J connectivity index is 0.00000220. The Bertz CT molecular complexity index is 541. The lowest BCUT2D eigenvalue weighted by Gasteiger charge is -2.19. The molecule has 0 heterocycles. The van der Waals surface area contributed by atoms with Gasteiger partial charge in [-0.3, -0.25) is 14.9 Å². The molecular formula is C13H17ClFN3O3. The number of halogens is 2. The van der Waals surface area contributed by atoms with Crippen molar-refractivity contribution in [2.75, 3.05) is 6.54 Å². The van der Waals surface area contributed by atoms with Gasteiger partial charge in [-0.25, -0.2) is 4.39 Å². The monoisotopic (exact) mass is 317 g/mol.